The minimum absolute atomic E-state index is 0.0484. The highest BCUT2D eigenvalue weighted by atomic mass is 19.3. The molecule has 1 saturated heterocycles. The van der Waals surface area contributed by atoms with E-state index in [2.05, 4.69) is 32.7 Å². The fraction of sp³-hybridized carbons (Fsp3) is 0.429. The molecule has 0 saturated carbocycles. The normalized spacial score (nSPS) is 20.2. The summed E-state index contributed by atoms with van der Waals surface area (Å²) < 4.78 is 31.2. The molecule has 29 heavy (non-hydrogen) atoms. The van der Waals surface area contributed by atoms with Crippen molar-refractivity contribution < 1.29 is 13.5 Å². The summed E-state index contributed by atoms with van der Waals surface area (Å²) in [7, 11) is 1.40. The maximum Gasteiger partial charge on any atom is 0.265 e. The summed E-state index contributed by atoms with van der Waals surface area (Å²) in [5, 5.41) is 9.19. The van der Waals surface area contributed by atoms with Crippen LogP contribution in [0.25, 0.3) is 0 Å². The lowest BCUT2D eigenvalue weighted by Gasteiger charge is -2.23. The first-order chi connectivity index (χ1) is 14.2. The Morgan fingerprint density at radius 2 is 2.07 bits per heavy atom. The van der Waals surface area contributed by atoms with Crippen molar-refractivity contribution in [3.63, 3.8) is 0 Å². The standard InChI is InChI=1S/C17H20F2N4O.C4H9N/c1-20-7-8-22-13-5-3-12(4-6-13)9-23-15-11-21-10-14(17(18)19)16(15)24-2;1-2-4-5-3-1/h3-5,7-8,11,17,21,23H,1,6,9-10H2,2H3;5H,1-4H2/b8-7-,22-13?;. The zero-order valence-electron chi connectivity index (χ0n) is 16.8. The third-order valence-electron chi connectivity index (χ3n) is 4.46. The number of alkyl halides is 2. The molecule has 3 rings (SSSR count). The lowest BCUT2D eigenvalue weighted by molar-refractivity contribution is 0.171. The fourth-order valence-electron chi connectivity index (χ4n) is 2.93. The van der Waals surface area contributed by atoms with Crippen molar-refractivity contribution in [3.05, 3.63) is 59.4 Å². The van der Waals surface area contributed by atoms with Gasteiger partial charge in [-0.3, -0.25) is 9.98 Å². The van der Waals surface area contributed by atoms with E-state index in [4.69, 9.17) is 4.74 Å². The summed E-state index contributed by atoms with van der Waals surface area (Å²) in [5.74, 6) is 0.202. The van der Waals surface area contributed by atoms with Gasteiger partial charge in [-0.25, -0.2) is 8.78 Å². The molecular formula is C21H29F2N5O. The SMILES string of the molecule is C1CCNC1.C=N/C=C\N=C1C=CC(CNC2=CNCC(C(F)F)=C2OC)=CC1. The Morgan fingerprint density at radius 1 is 1.28 bits per heavy atom. The van der Waals surface area contributed by atoms with Crippen molar-refractivity contribution in [2.45, 2.75) is 25.7 Å². The Hall–Kier alpha value is -2.74. The number of hydrogen-bond donors (Lipinski definition) is 3. The van der Waals surface area contributed by atoms with Crippen LogP contribution in [0.4, 0.5) is 8.78 Å². The van der Waals surface area contributed by atoms with E-state index in [0.29, 0.717) is 18.7 Å². The van der Waals surface area contributed by atoms with Gasteiger partial charge < -0.3 is 20.7 Å². The summed E-state index contributed by atoms with van der Waals surface area (Å²) in [4.78, 5) is 7.81. The van der Waals surface area contributed by atoms with E-state index in [9.17, 15) is 8.78 Å². The van der Waals surface area contributed by atoms with Crippen LogP contribution < -0.4 is 16.0 Å². The van der Waals surface area contributed by atoms with Gasteiger partial charge in [0, 0.05) is 43.8 Å². The third kappa shape index (κ3) is 7.65. The van der Waals surface area contributed by atoms with Gasteiger partial charge in [-0.2, -0.15) is 0 Å². The highest BCUT2D eigenvalue weighted by Gasteiger charge is 2.23. The Morgan fingerprint density at radius 3 is 2.62 bits per heavy atom. The van der Waals surface area contributed by atoms with Crippen LogP contribution in [0.2, 0.25) is 0 Å². The van der Waals surface area contributed by atoms with Crippen molar-refractivity contribution >= 4 is 12.4 Å². The van der Waals surface area contributed by atoms with Gasteiger partial charge >= 0.3 is 0 Å². The average molecular weight is 405 g/mol. The van der Waals surface area contributed by atoms with Crippen molar-refractivity contribution in [2.75, 3.05) is 33.3 Å². The fourth-order valence-corrected chi connectivity index (χ4v) is 2.93. The predicted molar refractivity (Wildman–Crippen MR) is 114 cm³/mol. The molecule has 8 heteroatoms. The summed E-state index contributed by atoms with van der Waals surface area (Å²) in [6.45, 7) is 6.43. The largest absolute Gasteiger partial charge is 0.494 e. The lowest BCUT2D eigenvalue weighted by atomic mass is 10.1. The van der Waals surface area contributed by atoms with E-state index in [1.165, 1.54) is 39.2 Å². The number of nitrogens with zero attached hydrogens (tertiary/aromatic N) is 2. The predicted octanol–water partition coefficient (Wildman–Crippen LogP) is 3.06. The first-order valence-corrected chi connectivity index (χ1v) is 9.64. The minimum Gasteiger partial charge on any atom is -0.494 e. The monoisotopic (exact) mass is 405 g/mol. The van der Waals surface area contributed by atoms with E-state index < -0.39 is 6.43 Å². The molecule has 0 amide bonds. The van der Waals surface area contributed by atoms with Crippen molar-refractivity contribution in [3.8, 4) is 0 Å². The molecule has 0 unspecified atom stereocenters. The number of allylic oxidation sites excluding steroid dienone is 2. The van der Waals surface area contributed by atoms with Gasteiger partial charge in [0.25, 0.3) is 6.43 Å². The molecule has 2 heterocycles. The molecule has 158 valence electrons. The highest BCUT2D eigenvalue weighted by molar-refractivity contribution is 5.98. The molecule has 6 nitrogen and oxygen atoms in total. The van der Waals surface area contributed by atoms with E-state index in [0.717, 1.165) is 11.3 Å². The first kappa shape index (κ1) is 22.5. The highest BCUT2D eigenvalue weighted by Crippen LogP contribution is 2.22. The van der Waals surface area contributed by atoms with Crippen LogP contribution in [0.15, 0.2) is 69.4 Å². The van der Waals surface area contributed by atoms with Gasteiger partial charge in [0.1, 0.15) is 5.76 Å². The van der Waals surface area contributed by atoms with Crippen LogP contribution in [0, 0.1) is 0 Å². The number of dihydropyridines is 1. The molecule has 0 spiro atoms. The molecule has 0 aromatic carbocycles. The van der Waals surface area contributed by atoms with E-state index in [-0.39, 0.29) is 17.9 Å². The molecule has 0 radical (unpaired) electrons. The Balaban J connectivity index is 0.000000521. The Kier molecular flexibility index (Phi) is 9.85. The van der Waals surface area contributed by atoms with Crippen molar-refractivity contribution in [1.82, 2.24) is 16.0 Å². The van der Waals surface area contributed by atoms with E-state index in [1.54, 1.807) is 12.4 Å². The van der Waals surface area contributed by atoms with E-state index in [1.807, 2.05) is 18.2 Å². The third-order valence-corrected chi connectivity index (χ3v) is 4.46. The maximum atomic E-state index is 13.0. The molecule has 0 aromatic heterocycles. The van der Waals surface area contributed by atoms with Crippen LogP contribution >= 0.6 is 0 Å². The van der Waals surface area contributed by atoms with Gasteiger partial charge in [-0.1, -0.05) is 12.2 Å². The van der Waals surface area contributed by atoms with Crippen molar-refractivity contribution in [1.29, 1.82) is 0 Å². The summed E-state index contributed by atoms with van der Waals surface area (Å²) in [6.07, 6.45) is 11.6. The zero-order chi connectivity index (χ0) is 20.9. The number of hydrogen-bond acceptors (Lipinski definition) is 6. The average Bonchev–Trinajstić information content (AvgIpc) is 3.33. The second-order valence-corrected chi connectivity index (χ2v) is 6.53. The van der Waals surface area contributed by atoms with E-state index >= 15 is 0 Å². The molecule has 1 fully saturated rings. The first-order valence-electron chi connectivity index (χ1n) is 9.64. The van der Waals surface area contributed by atoms with Crippen LogP contribution in [0.3, 0.4) is 0 Å². The topological polar surface area (TPSA) is 70.0 Å². The summed E-state index contributed by atoms with van der Waals surface area (Å²) in [6, 6.07) is 0. The number of rotatable bonds is 7. The molecule has 3 aliphatic rings. The quantitative estimate of drug-likeness (QED) is 0.570. The summed E-state index contributed by atoms with van der Waals surface area (Å²) >= 11 is 0. The van der Waals surface area contributed by atoms with Gasteiger partial charge in [-0.15, -0.1) is 0 Å². The number of halogens is 2. The second kappa shape index (κ2) is 12.7. The second-order valence-electron chi connectivity index (χ2n) is 6.53. The summed E-state index contributed by atoms with van der Waals surface area (Å²) in [5.41, 5.74) is 2.43. The molecule has 0 aromatic rings. The van der Waals surface area contributed by atoms with Gasteiger partial charge in [0.05, 0.1) is 18.4 Å². The molecule has 1 aliphatic carbocycles. The van der Waals surface area contributed by atoms with Crippen molar-refractivity contribution in [2.24, 2.45) is 9.98 Å². The molecular weight excluding hydrogens is 376 g/mol. The smallest absolute Gasteiger partial charge is 0.265 e. The van der Waals surface area contributed by atoms with Gasteiger partial charge in [-0.05, 0) is 44.3 Å². The molecule has 3 N–H and O–H groups in total. The number of aliphatic imine (C=N–C) groups is 2. The molecule has 0 bridgehead atoms. The maximum absolute atomic E-state index is 13.0. The lowest BCUT2D eigenvalue weighted by Crippen LogP contribution is -2.30. The Bertz CT molecular complexity index is 724. The van der Waals surface area contributed by atoms with Gasteiger partial charge in [0.15, 0.2) is 0 Å². The molecule has 0 atom stereocenters. The number of methoxy groups -OCH3 is 1. The van der Waals surface area contributed by atoms with Crippen LogP contribution in [-0.4, -0.2) is 52.1 Å². The minimum atomic E-state index is -2.55. The number of ether oxygens (including phenoxy) is 1. The van der Waals surface area contributed by atoms with Gasteiger partial charge in [0.2, 0.25) is 0 Å². The van der Waals surface area contributed by atoms with Crippen LogP contribution in [-0.2, 0) is 4.74 Å². The molecule has 2 aliphatic heterocycles. The Labute approximate surface area is 170 Å². The zero-order valence-corrected chi connectivity index (χ0v) is 16.8. The number of nitrogens with one attached hydrogen (secondary N) is 3. The van der Waals surface area contributed by atoms with Crippen LogP contribution in [0.1, 0.15) is 19.3 Å². The van der Waals surface area contributed by atoms with Crippen LogP contribution in [0.5, 0.6) is 0 Å².